The first-order valence-corrected chi connectivity index (χ1v) is 6.70. The normalized spacial score (nSPS) is 13.7. The van der Waals surface area contributed by atoms with E-state index in [0.717, 1.165) is 6.42 Å². The molecule has 1 unspecified atom stereocenters. The molecule has 18 heavy (non-hydrogen) atoms. The van der Waals surface area contributed by atoms with E-state index in [2.05, 4.69) is 25.7 Å². The number of Topliss-reactive ketones (excluding diaryl/α,β-unsaturated/α-hetero) is 1. The van der Waals surface area contributed by atoms with E-state index >= 15 is 0 Å². The standard InChI is InChI=1S/C15H22ClNO/c1-6-15(3,4)17(5)11(2)14(18)12-7-9-13(16)10-8-12/h7-11H,6H2,1-5H3. The molecule has 0 saturated carbocycles. The number of carbonyl (C=O) groups is 1. The van der Waals surface area contributed by atoms with E-state index in [-0.39, 0.29) is 17.4 Å². The zero-order chi connectivity index (χ0) is 13.9. The monoisotopic (exact) mass is 267 g/mol. The molecule has 0 bridgehead atoms. The first-order chi connectivity index (χ1) is 8.29. The third kappa shape index (κ3) is 3.33. The number of benzene rings is 1. The average molecular weight is 268 g/mol. The molecular weight excluding hydrogens is 246 g/mol. The van der Waals surface area contributed by atoms with Crippen LogP contribution in [0.2, 0.25) is 5.02 Å². The molecule has 100 valence electrons. The molecule has 2 nitrogen and oxygen atoms in total. The van der Waals surface area contributed by atoms with Crippen molar-refractivity contribution in [2.75, 3.05) is 7.05 Å². The summed E-state index contributed by atoms with van der Waals surface area (Å²) in [6.07, 6.45) is 1.00. The van der Waals surface area contributed by atoms with Crippen LogP contribution in [-0.2, 0) is 0 Å². The Bertz CT molecular complexity index is 411. The van der Waals surface area contributed by atoms with Crippen molar-refractivity contribution in [2.24, 2.45) is 0 Å². The fraction of sp³-hybridized carbons (Fsp3) is 0.533. The van der Waals surface area contributed by atoms with Gasteiger partial charge in [-0.2, -0.15) is 0 Å². The molecule has 0 saturated heterocycles. The molecule has 0 radical (unpaired) electrons. The van der Waals surface area contributed by atoms with Gasteiger partial charge in [-0.25, -0.2) is 0 Å². The lowest BCUT2D eigenvalue weighted by atomic mass is 9.95. The minimum Gasteiger partial charge on any atom is -0.292 e. The molecule has 0 N–H and O–H groups in total. The van der Waals surface area contributed by atoms with Crippen LogP contribution in [0.3, 0.4) is 0 Å². The largest absolute Gasteiger partial charge is 0.292 e. The van der Waals surface area contributed by atoms with E-state index in [1.54, 1.807) is 24.3 Å². The van der Waals surface area contributed by atoms with Crippen molar-refractivity contribution in [1.29, 1.82) is 0 Å². The molecule has 0 fully saturated rings. The van der Waals surface area contributed by atoms with E-state index in [1.807, 2.05) is 14.0 Å². The van der Waals surface area contributed by atoms with Gasteiger partial charge >= 0.3 is 0 Å². The summed E-state index contributed by atoms with van der Waals surface area (Å²) < 4.78 is 0. The number of hydrogen-bond acceptors (Lipinski definition) is 2. The molecule has 0 aliphatic heterocycles. The highest BCUT2D eigenvalue weighted by Crippen LogP contribution is 2.21. The maximum Gasteiger partial charge on any atom is 0.179 e. The molecule has 1 atom stereocenters. The Morgan fingerprint density at radius 1 is 1.33 bits per heavy atom. The van der Waals surface area contributed by atoms with Crippen LogP contribution in [0.1, 0.15) is 44.5 Å². The summed E-state index contributed by atoms with van der Waals surface area (Å²) in [5, 5.41) is 0.654. The maximum absolute atomic E-state index is 12.4. The Labute approximate surface area is 115 Å². The minimum atomic E-state index is -0.138. The number of carbonyl (C=O) groups excluding carboxylic acids is 1. The lowest BCUT2D eigenvalue weighted by Gasteiger charge is -2.38. The van der Waals surface area contributed by atoms with Gasteiger partial charge < -0.3 is 0 Å². The number of nitrogens with zero attached hydrogens (tertiary/aromatic N) is 1. The van der Waals surface area contributed by atoms with Gasteiger partial charge in [-0.15, -0.1) is 0 Å². The lowest BCUT2D eigenvalue weighted by molar-refractivity contribution is 0.0677. The zero-order valence-electron chi connectivity index (χ0n) is 11.8. The molecule has 0 aromatic heterocycles. The number of rotatable bonds is 5. The molecule has 1 rings (SSSR count). The summed E-state index contributed by atoms with van der Waals surface area (Å²) in [4.78, 5) is 14.5. The van der Waals surface area contributed by atoms with Crippen molar-refractivity contribution in [1.82, 2.24) is 4.90 Å². The van der Waals surface area contributed by atoms with E-state index in [1.165, 1.54) is 0 Å². The Morgan fingerprint density at radius 2 is 1.83 bits per heavy atom. The van der Waals surface area contributed by atoms with Crippen LogP contribution in [0.15, 0.2) is 24.3 Å². The quantitative estimate of drug-likeness (QED) is 0.751. The molecule has 0 spiro atoms. The van der Waals surface area contributed by atoms with Crippen molar-refractivity contribution in [3.05, 3.63) is 34.9 Å². The summed E-state index contributed by atoms with van der Waals surface area (Å²) >= 11 is 5.83. The number of halogens is 1. The predicted molar refractivity (Wildman–Crippen MR) is 77.4 cm³/mol. The highest BCUT2D eigenvalue weighted by Gasteiger charge is 2.29. The predicted octanol–water partition coefficient (Wildman–Crippen LogP) is 4.03. The molecule has 1 aromatic rings. The van der Waals surface area contributed by atoms with Crippen molar-refractivity contribution < 1.29 is 4.79 Å². The summed E-state index contributed by atoms with van der Waals surface area (Å²) in [7, 11) is 2.00. The third-order valence-corrected chi connectivity index (χ3v) is 4.16. The van der Waals surface area contributed by atoms with Crippen LogP contribution in [0.5, 0.6) is 0 Å². The second-order valence-electron chi connectivity index (χ2n) is 5.32. The van der Waals surface area contributed by atoms with Crippen LogP contribution in [0.25, 0.3) is 0 Å². The van der Waals surface area contributed by atoms with Crippen molar-refractivity contribution in [2.45, 2.75) is 45.7 Å². The van der Waals surface area contributed by atoms with Crippen LogP contribution >= 0.6 is 11.6 Å². The maximum atomic E-state index is 12.4. The Morgan fingerprint density at radius 3 is 2.28 bits per heavy atom. The van der Waals surface area contributed by atoms with Crippen LogP contribution in [0, 0.1) is 0 Å². The van der Waals surface area contributed by atoms with Crippen LogP contribution in [-0.4, -0.2) is 29.3 Å². The molecular formula is C15H22ClNO. The number of ketones is 1. The van der Waals surface area contributed by atoms with E-state index in [0.29, 0.717) is 10.6 Å². The van der Waals surface area contributed by atoms with E-state index < -0.39 is 0 Å². The van der Waals surface area contributed by atoms with Gasteiger partial charge in [0.05, 0.1) is 6.04 Å². The smallest absolute Gasteiger partial charge is 0.179 e. The summed E-state index contributed by atoms with van der Waals surface area (Å²) in [6.45, 7) is 8.39. The number of hydrogen-bond donors (Lipinski definition) is 0. The first kappa shape index (κ1) is 15.2. The second-order valence-corrected chi connectivity index (χ2v) is 5.76. The summed E-state index contributed by atoms with van der Waals surface area (Å²) in [5.41, 5.74) is 0.729. The van der Waals surface area contributed by atoms with Crippen LogP contribution in [0.4, 0.5) is 0 Å². The first-order valence-electron chi connectivity index (χ1n) is 6.32. The van der Waals surface area contributed by atoms with Crippen molar-refractivity contribution >= 4 is 17.4 Å². The van der Waals surface area contributed by atoms with Gasteiger partial charge in [-0.1, -0.05) is 18.5 Å². The van der Waals surface area contributed by atoms with Crippen molar-refractivity contribution in [3.63, 3.8) is 0 Å². The van der Waals surface area contributed by atoms with E-state index in [4.69, 9.17) is 11.6 Å². The third-order valence-electron chi connectivity index (χ3n) is 3.91. The Kier molecular flexibility index (Phi) is 4.94. The second kappa shape index (κ2) is 5.85. The molecule has 0 amide bonds. The highest BCUT2D eigenvalue weighted by molar-refractivity contribution is 6.30. The zero-order valence-corrected chi connectivity index (χ0v) is 12.6. The van der Waals surface area contributed by atoms with Gasteiger partial charge in [-0.05, 0) is 58.5 Å². The Balaban J connectivity index is 2.87. The van der Waals surface area contributed by atoms with Gasteiger partial charge in [0.25, 0.3) is 0 Å². The lowest BCUT2D eigenvalue weighted by Crippen LogP contribution is -2.49. The summed E-state index contributed by atoms with van der Waals surface area (Å²) in [5.74, 6) is 0.135. The van der Waals surface area contributed by atoms with Gasteiger partial charge in [0, 0.05) is 16.1 Å². The molecule has 0 heterocycles. The highest BCUT2D eigenvalue weighted by atomic mass is 35.5. The molecule has 1 aromatic carbocycles. The molecule has 0 aliphatic carbocycles. The SMILES string of the molecule is CCC(C)(C)N(C)C(C)C(=O)c1ccc(Cl)cc1. The topological polar surface area (TPSA) is 20.3 Å². The number of likely N-dealkylation sites (N-methyl/N-ethyl adjacent to an activating group) is 1. The Hall–Kier alpha value is -0.860. The fourth-order valence-corrected chi connectivity index (χ4v) is 1.93. The van der Waals surface area contributed by atoms with Gasteiger partial charge in [0.1, 0.15) is 0 Å². The van der Waals surface area contributed by atoms with Crippen LogP contribution < -0.4 is 0 Å². The summed E-state index contributed by atoms with van der Waals surface area (Å²) in [6, 6.07) is 6.95. The molecule has 0 aliphatic rings. The molecule has 3 heteroatoms. The minimum absolute atomic E-state index is 0.0154. The van der Waals surface area contributed by atoms with Gasteiger partial charge in [-0.3, -0.25) is 9.69 Å². The van der Waals surface area contributed by atoms with Crippen molar-refractivity contribution in [3.8, 4) is 0 Å². The average Bonchev–Trinajstić information content (AvgIpc) is 2.37. The van der Waals surface area contributed by atoms with E-state index in [9.17, 15) is 4.79 Å². The van der Waals surface area contributed by atoms with Gasteiger partial charge in [0.15, 0.2) is 5.78 Å². The van der Waals surface area contributed by atoms with Gasteiger partial charge in [0.2, 0.25) is 0 Å². The fourth-order valence-electron chi connectivity index (χ4n) is 1.80.